The van der Waals surface area contributed by atoms with Gasteiger partial charge in [-0.1, -0.05) is 0 Å². The van der Waals surface area contributed by atoms with Crippen molar-refractivity contribution < 1.29 is 19.1 Å². The number of aliphatic hydroxyl groups excluding tert-OH is 1. The number of halogens is 1. The van der Waals surface area contributed by atoms with Crippen LogP contribution in [0.3, 0.4) is 0 Å². The van der Waals surface area contributed by atoms with Crippen LogP contribution in [0.25, 0.3) is 0 Å². The fourth-order valence-corrected chi connectivity index (χ4v) is 1.79. The zero-order valence-corrected chi connectivity index (χ0v) is 11.4. The molecule has 0 spiro atoms. The number of rotatable bonds is 4. The van der Waals surface area contributed by atoms with Crippen molar-refractivity contribution in [2.75, 3.05) is 11.5 Å². The summed E-state index contributed by atoms with van der Waals surface area (Å²) in [5, 5.41) is 9.33. The zero-order chi connectivity index (χ0) is 14.8. The van der Waals surface area contributed by atoms with Crippen molar-refractivity contribution in [3.05, 3.63) is 23.6 Å². The van der Waals surface area contributed by atoms with Crippen molar-refractivity contribution in [1.29, 1.82) is 0 Å². The van der Waals surface area contributed by atoms with Crippen molar-refractivity contribution in [2.45, 2.75) is 33.2 Å². The van der Waals surface area contributed by atoms with E-state index in [1.807, 2.05) is 0 Å². The summed E-state index contributed by atoms with van der Waals surface area (Å²) in [4.78, 5) is 27.9. The number of Topliss-reactive ketones (excluding diaryl/α,β-unsaturated/α-hetero) is 1. The lowest BCUT2D eigenvalue weighted by molar-refractivity contribution is -0.118. The van der Waals surface area contributed by atoms with Crippen LogP contribution in [0.4, 0.5) is 10.2 Å². The Labute approximate surface area is 111 Å². The number of pyridine rings is 1. The Morgan fingerprint density at radius 1 is 1.42 bits per heavy atom. The molecule has 0 aromatic carbocycles. The maximum absolute atomic E-state index is 14.2. The first kappa shape index (κ1) is 15.2. The van der Waals surface area contributed by atoms with E-state index in [0.717, 1.165) is 4.90 Å². The van der Waals surface area contributed by atoms with Crippen LogP contribution < -0.4 is 4.90 Å². The molecule has 1 heterocycles. The molecule has 19 heavy (non-hydrogen) atoms. The van der Waals surface area contributed by atoms with E-state index in [4.69, 9.17) is 0 Å². The molecule has 6 heteroatoms. The quantitative estimate of drug-likeness (QED) is 0.841. The van der Waals surface area contributed by atoms with Gasteiger partial charge in [0.25, 0.3) is 0 Å². The molecule has 0 aliphatic heterocycles. The number of anilines is 1. The number of ketones is 1. The van der Waals surface area contributed by atoms with Crippen LogP contribution in [0.15, 0.2) is 12.3 Å². The molecule has 0 unspecified atom stereocenters. The molecular formula is C13H17FN2O3. The molecule has 1 aromatic heterocycles. The molecule has 1 aromatic rings. The van der Waals surface area contributed by atoms with E-state index < -0.39 is 23.0 Å². The van der Waals surface area contributed by atoms with Gasteiger partial charge >= 0.3 is 0 Å². The standard InChI is InChI=1S/C13H17FN2O3/c1-8(18)10-5-6-15-12(11(10)14)16(9(2)19)13(3,4)7-17/h5-6,17H,7H2,1-4H3. The van der Waals surface area contributed by atoms with Crippen LogP contribution in [0.1, 0.15) is 38.1 Å². The second kappa shape index (κ2) is 5.44. The van der Waals surface area contributed by atoms with Crippen molar-refractivity contribution in [2.24, 2.45) is 0 Å². The monoisotopic (exact) mass is 268 g/mol. The number of nitrogens with zero attached hydrogens (tertiary/aromatic N) is 2. The van der Waals surface area contributed by atoms with Gasteiger partial charge in [0.15, 0.2) is 17.4 Å². The summed E-state index contributed by atoms with van der Waals surface area (Å²) in [6.45, 7) is 5.28. The molecule has 104 valence electrons. The molecule has 5 nitrogen and oxygen atoms in total. The average molecular weight is 268 g/mol. The maximum atomic E-state index is 14.2. The summed E-state index contributed by atoms with van der Waals surface area (Å²) < 4.78 is 14.2. The van der Waals surface area contributed by atoms with Crippen LogP contribution >= 0.6 is 0 Å². The number of hydrogen-bond acceptors (Lipinski definition) is 4. The summed E-state index contributed by atoms with van der Waals surface area (Å²) in [6, 6.07) is 1.26. The second-order valence-corrected chi connectivity index (χ2v) is 4.88. The molecular weight excluding hydrogens is 251 g/mol. The van der Waals surface area contributed by atoms with Gasteiger partial charge in [0.2, 0.25) is 5.91 Å². The highest BCUT2D eigenvalue weighted by atomic mass is 19.1. The van der Waals surface area contributed by atoms with Crippen LogP contribution in [0.2, 0.25) is 0 Å². The fraction of sp³-hybridized carbons (Fsp3) is 0.462. The molecule has 0 saturated heterocycles. The van der Waals surface area contributed by atoms with Gasteiger partial charge in [-0.3, -0.25) is 14.5 Å². The maximum Gasteiger partial charge on any atom is 0.225 e. The van der Waals surface area contributed by atoms with Crippen molar-refractivity contribution >= 4 is 17.5 Å². The Morgan fingerprint density at radius 3 is 2.42 bits per heavy atom. The van der Waals surface area contributed by atoms with Gasteiger partial charge in [-0.05, 0) is 26.8 Å². The smallest absolute Gasteiger partial charge is 0.225 e. The number of hydrogen-bond donors (Lipinski definition) is 1. The van der Waals surface area contributed by atoms with Gasteiger partial charge < -0.3 is 5.11 Å². The molecule has 1 N–H and O–H groups in total. The SMILES string of the molecule is CC(=O)c1ccnc(N(C(C)=O)C(C)(C)CO)c1F. The van der Waals surface area contributed by atoms with E-state index in [-0.39, 0.29) is 18.0 Å². The Kier molecular flexibility index (Phi) is 4.36. The Hall–Kier alpha value is -1.82. The van der Waals surface area contributed by atoms with Crippen LogP contribution in [-0.4, -0.2) is 33.9 Å². The average Bonchev–Trinajstić information content (AvgIpc) is 2.30. The predicted molar refractivity (Wildman–Crippen MR) is 68.5 cm³/mol. The summed E-state index contributed by atoms with van der Waals surface area (Å²) in [7, 11) is 0. The highest BCUT2D eigenvalue weighted by Crippen LogP contribution is 2.26. The molecule has 0 radical (unpaired) electrons. The molecule has 0 saturated carbocycles. The number of aliphatic hydroxyl groups is 1. The highest BCUT2D eigenvalue weighted by molar-refractivity contribution is 5.97. The van der Waals surface area contributed by atoms with E-state index in [2.05, 4.69) is 4.98 Å². The van der Waals surface area contributed by atoms with Gasteiger partial charge in [-0.25, -0.2) is 9.37 Å². The van der Waals surface area contributed by atoms with Crippen LogP contribution in [0, 0.1) is 5.82 Å². The lowest BCUT2D eigenvalue weighted by Crippen LogP contribution is -2.50. The molecule has 0 atom stereocenters. The van der Waals surface area contributed by atoms with E-state index in [1.54, 1.807) is 13.8 Å². The molecule has 0 aliphatic rings. The third-order valence-corrected chi connectivity index (χ3v) is 2.77. The number of carbonyl (C=O) groups excluding carboxylic acids is 2. The number of carbonyl (C=O) groups is 2. The summed E-state index contributed by atoms with van der Waals surface area (Å²) in [6.07, 6.45) is 1.26. The van der Waals surface area contributed by atoms with Crippen molar-refractivity contribution in [3.8, 4) is 0 Å². The summed E-state index contributed by atoms with van der Waals surface area (Å²) >= 11 is 0. The van der Waals surface area contributed by atoms with Crippen molar-refractivity contribution in [1.82, 2.24) is 4.98 Å². The minimum Gasteiger partial charge on any atom is -0.394 e. The molecule has 1 rings (SSSR count). The normalized spacial score (nSPS) is 11.3. The van der Waals surface area contributed by atoms with E-state index in [9.17, 15) is 19.1 Å². The minimum absolute atomic E-state index is 0.134. The zero-order valence-electron chi connectivity index (χ0n) is 11.4. The predicted octanol–water partition coefficient (Wildman–Crippen LogP) is 1.55. The second-order valence-electron chi connectivity index (χ2n) is 4.88. The van der Waals surface area contributed by atoms with Gasteiger partial charge in [0, 0.05) is 13.1 Å². The number of aromatic nitrogens is 1. The Morgan fingerprint density at radius 2 is 2.00 bits per heavy atom. The van der Waals surface area contributed by atoms with E-state index >= 15 is 0 Å². The lowest BCUT2D eigenvalue weighted by atomic mass is 10.0. The molecule has 0 aliphatic carbocycles. The first-order valence-electron chi connectivity index (χ1n) is 5.79. The fourth-order valence-electron chi connectivity index (χ4n) is 1.79. The summed E-state index contributed by atoms with van der Waals surface area (Å²) in [5.41, 5.74) is -1.15. The Bertz CT molecular complexity index is 515. The topological polar surface area (TPSA) is 70.5 Å². The van der Waals surface area contributed by atoms with Gasteiger partial charge in [0.1, 0.15) is 0 Å². The lowest BCUT2D eigenvalue weighted by Gasteiger charge is -2.35. The van der Waals surface area contributed by atoms with Gasteiger partial charge in [-0.2, -0.15) is 0 Å². The van der Waals surface area contributed by atoms with Gasteiger partial charge in [-0.15, -0.1) is 0 Å². The van der Waals surface area contributed by atoms with Gasteiger partial charge in [0.05, 0.1) is 17.7 Å². The van der Waals surface area contributed by atoms with E-state index in [1.165, 1.54) is 26.1 Å². The van der Waals surface area contributed by atoms with Crippen molar-refractivity contribution in [3.63, 3.8) is 0 Å². The first-order chi connectivity index (χ1) is 8.72. The molecule has 0 bridgehead atoms. The highest BCUT2D eigenvalue weighted by Gasteiger charge is 2.33. The van der Waals surface area contributed by atoms with Crippen LogP contribution in [0.5, 0.6) is 0 Å². The summed E-state index contributed by atoms with van der Waals surface area (Å²) in [5.74, 6) is -2.02. The molecule has 0 fully saturated rings. The molecule has 1 amide bonds. The first-order valence-corrected chi connectivity index (χ1v) is 5.79. The number of amides is 1. The largest absolute Gasteiger partial charge is 0.394 e. The van der Waals surface area contributed by atoms with E-state index in [0.29, 0.717) is 0 Å². The Balaban J connectivity index is 3.45. The third kappa shape index (κ3) is 2.96. The van der Waals surface area contributed by atoms with Crippen LogP contribution in [-0.2, 0) is 4.79 Å². The third-order valence-electron chi connectivity index (χ3n) is 2.77. The minimum atomic E-state index is -1.02.